The highest BCUT2D eigenvalue weighted by Gasteiger charge is 2.50. The standard InChI is InChI=1S/C15H23NOS/c1-4-18-13-7-5-12(6-8-13)14(16(2)3)15(11-17)9-10-15/h5-8,14,17H,4,9-11H2,1-3H3. The number of nitrogens with zero attached hydrogens (tertiary/aromatic N) is 1. The molecule has 0 aliphatic heterocycles. The number of thioether (sulfide) groups is 1. The summed E-state index contributed by atoms with van der Waals surface area (Å²) < 4.78 is 0. The van der Waals surface area contributed by atoms with Crippen LogP contribution in [0.4, 0.5) is 0 Å². The van der Waals surface area contributed by atoms with Gasteiger partial charge in [-0.05, 0) is 50.4 Å². The Morgan fingerprint density at radius 3 is 2.28 bits per heavy atom. The lowest BCUT2D eigenvalue weighted by Gasteiger charge is -2.32. The molecule has 0 heterocycles. The molecule has 1 saturated carbocycles. The second-order valence-corrected chi connectivity index (χ2v) is 6.73. The van der Waals surface area contributed by atoms with E-state index in [0.29, 0.717) is 12.6 Å². The van der Waals surface area contributed by atoms with Gasteiger partial charge >= 0.3 is 0 Å². The van der Waals surface area contributed by atoms with E-state index in [1.54, 1.807) is 0 Å². The highest BCUT2D eigenvalue weighted by molar-refractivity contribution is 7.99. The van der Waals surface area contributed by atoms with Crippen molar-refractivity contribution in [3.8, 4) is 0 Å². The van der Waals surface area contributed by atoms with E-state index in [-0.39, 0.29) is 5.41 Å². The Bertz CT molecular complexity index is 384. The first-order valence-electron chi connectivity index (χ1n) is 6.63. The summed E-state index contributed by atoms with van der Waals surface area (Å²) >= 11 is 1.87. The van der Waals surface area contributed by atoms with Crippen LogP contribution in [-0.2, 0) is 0 Å². The van der Waals surface area contributed by atoms with Crippen molar-refractivity contribution in [1.82, 2.24) is 4.90 Å². The molecule has 100 valence electrons. The fraction of sp³-hybridized carbons (Fsp3) is 0.600. The molecule has 1 unspecified atom stereocenters. The van der Waals surface area contributed by atoms with Crippen molar-refractivity contribution >= 4 is 11.8 Å². The molecule has 1 aromatic rings. The fourth-order valence-electron chi connectivity index (χ4n) is 2.79. The van der Waals surface area contributed by atoms with E-state index in [4.69, 9.17) is 0 Å². The summed E-state index contributed by atoms with van der Waals surface area (Å²) in [6.07, 6.45) is 2.27. The number of rotatable bonds is 6. The Labute approximate surface area is 114 Å². The number of benzene rings is 1. The number of aliphatic hydroxyl groups is 1. The summed E-state index contributed by atoms with van der Waals surface area (Å²) in [4.78, 5) is 3.57. The molecule has 2 rings (SSSR count). The van der Waals surface area contributed by atoms with Crippen LogP contribution in [-0.4, -0.2) is 36.5 Å². The van der Waals surface area contributed by atoms with E-state index in [0.717, 1.165) is 18.6 Å². The van der Waals surface area contributed by atoms with Crippen LogP contribution in [0.5, 0.6) is 0 Å². The lowest BCUT2D eigenvalue weighted by Crippen LogP contribution is -2.30. The molecule has 1 aromatic carbocycles. The SMILES string of the molecule is CCSc1ccc(C(N(C)C)C2(CO)CC2)cc1. The molecule has 0 saturated heterocycles. The predicted octanol–water partition coefficient (Wildman–Crippen LogP) is 3.17. The Balaban J connectivity index is 2.21. The van der Waals surface area contributed by atoms with E-state index < -0.39 is 0 Å². The summed E-state index contributed by atoms with van der Waals surface area (Å²) in [7, 11) is 4.21. The molecule has 18 heavy (non-hydrogen) atoms. The summed E-state index contributed by atoms with van der Waals surface area (Å²) in [5, 5.41) is 9.65. The Morgan fingerprint density at radius 2 is 1.89 bits per heavy atom. The number of hydrogen-bond acceptors (Lipinski definition) is 3. The first-order chi connectivity index (χ1) is 8.63. The van der Waals surface area contributed by atoms with Crippen molar-refractivity contribution in [2.75, 3.05) is 26.5 Å². The smallest absolute Gasteiger partial charge is 0.0505 e. The zero-order chi connectivity index (χ0) is 13.2. The van der Waals surface area contributed by atoms with Gasteiger partial charge in [0.2, 0.25) is 0 Å². The molecule has 1 atom stereocenters. The maximum atomic E-state index is 9.65. The van der Waals surface area contributed by atoms with Crippen LogP contribution in [0, 0.1) is 5.41 Å². The molecule has 0 bridgehead atoms. The van der Waals surface area contributed by atoms with Gasteiger partial charge in [-0.3, -0.25) is 0 Å². The van der Waals surface area contributed by atoms with Gasteiger partial charge in [0.15, 0.2) is 0 Å². The summed E-state index contributed by atoms with van der Waals surface area (Å²) in [6, 6.07) is 9.18. The molecule has 0 radical (unpaired) electrons. The van der Waals surface area contributed by atoms with E-state index in [9.17, 15) is 5.11 Å². The molecular formula is C15H23NOS. The average Bonchev–Trinajstić information content (AvgIpc) is 3.13. The topological polar surface area (TPSA) is 23.5 Å². The van der Waals surface area contributed by atoms with Crippen LogP contribution in [0.15, 0.2) is 29.2 Å². The Morgan fingerprint density at radius 1 is 1.28 bits per heavy atom. The molecule has 1 N–H and O–H groups in total. The second-order valence-electron chi connectivity index (χ2n) is 5.39. The van der Waals surface area contributed by atoms with Crippen LogP contribution in [0.2, 0.25) is 0 Å². The highest BCUT2D eigenvalue weighted by atomic mass is 32.2. The monoisotopic (exact) mass is 265 g/mol. The van der Waals surface area contributed by atoms with Crippen molar-refractivity contribution in [3.63, 3.8) is 0 Å². The average molecular weight is 265 g/mol. The molecular weight excluding hydrogens is 242 g/mol. The van der Waals surface area contributed by atoms with Gasteiger partial charge in [0.25, 0.3) is 0 Å². The summed E-state index contributed by atoms with van der Waals surface area (Å²) in [5.41, 5.74) is 1.43. The van der Waals surface area contributed by atoms with Gasteiger partial charge in [0, 0.05) is 16.4 Å². The maximum absolute atomic E-state index is 9.65. The van der Waals surface area contributed by atoms with Gasteiger partial charge in [-0.15, -0.1) is 11.8 Å². The molecule has 1 aliphatic carbocycles. The van der Waals surface area contributed by atoms with Crippen LogP contribution < -0.4 is 0 Å². The van der Waals surface area contributed by atoms with Gasteiger partial charge in [0.05, 0.1) is 6.61 Å². The van der Waals surface area contributed by atoms with Crippen molar-refractivity contribution < 1.29 is 5.11 Å². The Hall–Kier alpha value is -0.510. The predicted molar refractivity (Wildman–Crippen MR) is 78.0 cm³/mol. The Kier molecular flexibility index (Phi) is 4.36. The van der Waals surface area contributed by atoms with Crippen molar-refractivity contribution in [1.29, 1.82) is 0 Å². The van der Waals surface area contributed by atoms with Crippen molar-refractivity contribution in [3.05, 3.63) is 29.8 Å². The quantitative estimate of drug-likeness (QED) is 0.799. The van der Waals surface area contributed by atoms with Gasteiger partial charge in [-0.2, -0.15) is 0 Å². The van der Waals surface area contributed by atoms with Gasteiger partial charge in [-0.25, -0.2) is 0 Å². The van der Waals surface area contributed by atoms with Gasteiger partial charge in [0.1, 0.15) is 0 Å². The van der Waals surface area contributed by atoms with Crippen LogP contribution in [0.25, 0.3) is 0 Å². The lowest BCUT2D eigenvalue weighted by molar-refractivity contribution is 0.115. The molecule has 0 aromatic heterocycles. The van der Waals surface area contributed by atoms with Gasteiger partial charge < -0.3 is 10.0 Å². The second kappa shape index (κ2) is 5.64. The fourth-order valence-corrected chi connectivity index (χ4v) is 3.45. The first kappa shape index (κ1) is 13.9. The highest BCUT2D eigenvalue weighted by Crippen LogP contribution is 2.56. The molecule has 1 fully saturated rings. The molecule has 0 spiro atoms. The van der Waals surface area contributed by atoms with E-state index in [1.807, 2.05) is 11.8 Å². The summed E-state index contributed by atoms with van der Waals surface area (Å²) in [5.74, 6) is 1.11. The van der Waals surface area contributed by atoms with E-state index in [1.165, 1.54) is 10.5 Å². The van der Waals surface area contributed by atoms with Crippen LogP contribution in [0.3, 0.4) is 0 Å². The lowest BCUT2D eigenvalue weighted by atomic mass is 9.90. The zero-order valence-corrected chi connectivity index (χ0v) is 12.3. The minimum atomic E-state index is 0.100. The van der Waals surface area contributed by atoms with Crippen LogP contribution in [0.1, 0.15) is 31.4 Å². The third kappa shape index (κ3) is 2.73. The minimum Gasteiger partial charge on any atom is -0.396 e. The molecule has 3 heteroatoms. The van der Waals surface area contributed by atoms with Crippen LogP contribution >= 0.6 is 11.8 Å². The largest absolute Gasteiger partial charge is 0.396 e. The first-order valence-corrected chi connectivity index (χ1v) is 7.61. The zero-order valence-electron chi connectivity index (χ0n) is 11.5. The molecule has 2 nitrogen and oxygen atoms in total. The summed E-state index contributed by atoms with van der Waals surface area (Å²) in [6.45, 7) is 2.47. The third-order valence-corrected chi connectivity index (χ3v) is 4.70. The molecule has 1 aliphatic rings. The van der Waals surface area contributed by atoms with E-state index in [2.05, 4.69) is 50.2 Å². The van der Waals surface area contributed by atoms with E-state index >= 15 is 0 Å². The maximum Gasteiger partial charge on any atom is 0.0505 e. The van der Waals surface area contributed by atoms with Gasteiger partial charge in [-0.1, -0.05) is 19.1 Å². The molecule has 0 amide bonds. The number of hydrogen-bond donors (Lipinski definition) is 1. The van der Waals surface area contributed by atoms with Crippen molar-refractivity contribution in [2.24, 2.45) is 5.41 Å². The number of aliphatic hydroxyl groups excluding tert-OH is 1. The normalized spacial score (nSPS) is 18.9. The van der Waals surface area contributed by atoms with Crippen molar-refractivity contribution in [2.45, 2.75) is 30.7 Å². The third-order valence-electron chi connectivity index (χ3n) is 3.81. The minimum absolute atomic E-state index is 0.100.